The van der Waals surface area contributed by atoms with Gasteiger partial charge in [-0.2, -0.15) is 0 Å². The van der Waals surface area contributed by atoms with Gasteiger partial charge in [0.1, 0.15) is 5.76 Å². The van der Waals surface area contributed by atoms with Crippen LogP contribution in [0, 0.1) is 0 Å². The Labute approximate surface area is 73.8 Å². The van der Waals surface area contributed by atoms with Gasteiger partial charge in [0.2, 0.25) is 0 Å². The SMILES string of the molecule is [2H]OC1=C(C)CCc2ccccc21. The first-order valence-corrected chi connectivity index (χ1v) is 4.24. The average Bonchev–Trinajstić information content (AvgIpc) is 2.18. The van der Waals surface area contributed by atoms with Gasteiger partial charge in [0.05, 0.1) is 0 Å². The Morgan fingerprint density at radius 3 is 3.00 bits per heavy atom. The number of aliphatic hydroxyl groups excluding tert-OH is 1. The highest BCUT2D eigenvalue weighted by molar-refractivity contribution is 5.66. The monoisotopic (exact) mass is 161 g/mol. The van der Waals surface area contributed by atoms with Crippen LogP contribution in [-0.4, -0.2) is 5.11 Å². The van der Waals surface area contributed by atoms with E-state index in [0.717, 1.165) is 24.2 Å². The summed E-state index contributed by atoms with van der Waals surface area (Å²) < 4.78 is 7.00. The Balaban J connectivity index is 2.55. The van der Waals surface area contributed by atoms with E-state index in [2.05, 4.69) is 11.2 Å². The molecule has 0 saturated carbocycles. The minimum Gasteiger partial charge on any atom is -0.507 e. The van der Waals surface area contributed by atoms with Crippen LogP contribution in [0.2, 0.25) is 0 Å². The molecular weight excluding hydrogens is 148 g/mol. The van der Waals surface area contributed by atoms with E-state index in [-0.39, 0.29) is 0 Å². The van der Waals surface area contributed by atoms with Crippen molar-refractivity contribution in [1.82, 2.24) is 0 Å². The minimum atomic E-state index is 0.738. The summed E-state index contributed by atoms with van der Waals surface area (Å²) in [5.41, 5.74) is 3.55. The van der Waals surface area contributed by atoms with Gasteiger partial charge in [-0.05, 0) is 30.9 Å². The van der Waals surface area contributed by atoms with E-state index in [9.17, 15) is 0 Å². The third-order valence-electron chi connectivity index (χ3n) is 2.42. The van der Waals surface area contributed by atoms with Gasteiger partial charge in [-0.3, -0.25) is 0 Å². The molecule has 12 heavy (non-hydrogen) atoms. The summed E-state index contributed by atoms with van der Waals surface area (Å²) >= 11 is 0. The first-order valence-electron chi connectivity index (χ1n) is 4.65. The predicted molar refractivity (Wildman–Crippen MR) is 50.0 cm³/mol. The zero-order valence-electron chi connectivity index (χ0n) is 8.13. The minimum absolute atomic E-state index is 0.738. The maximum Gasteiger partial charge on any atom is 0.293 e. The van der Waals surface area contributed by atoms with Gasteiger partial charge in [0.15, 0.2) is 0 Å². The zero-order chi connectivity index (χ0) is 9.26. The van der Waals surface area contributed by atoms with Crippen LogP contribution in [0.3, 0.4) is 0 Å². The Bertz CT molecular complexity index is 355. The third-order valence-corrected chi connectivity index (χ3v) is 2.42. The van der Waals surface area contributed by atoms with Crippen molar-refractivity contribution in [2.75, 3.05) is 0 Å². The molecule has 1 aliphatic rings. The molecule has 1 aromatic carbocycles. The maximum atomic E-state index is 7.00. The predicted octanol–water partition coefficient (Wildman–Crippen LogP) is 2.92. The van der Waals surface area contributed by atoms with Gasteiger partial charge in [0.25, 0.3) is 1.43 Å². The van der Waals surface area contributed by atoms with Crippen LogP contribution in [0.25, 0.3) is 7.19 Å². The van der Waals surface area contributed by atoms with Crippen LogP contribution in [0.5, 0.6) is 0 Å². The number of aryl methyl sites for hydroxylation is 1. The van der Waals surface area contributed by atoms with Crippen molar-refractivity contribution in [2.45, 2.75) is 19.8 Å². The maximum absolute atomic E-state index is 7.00. The lowest BCUT2D eigenvalue weighted by molar-refractivity contribution is 0.498. The second-order valence-corrected chi connectivity index (χ2v) is 3.27. The third kappa shape index (κ3) is 1.02. The van der Waals surface area contributed by atoms with E-state index in [4.69, 9.17) is 1.43 Å². The zero-order valence-corrected chi connectivity index (χ0v) is 7.13. The van der Waals surface area contributed by atoms with E-state index >= 15 is 0 Å². The average molecular weight is 161 g/mol. The second-order valence-electron chi connectivity index (χ2n) is 3.27. The van der Waals surface area contributed by atoms with E-state index in [1.807, 2.05) is 25.1 Å². The van der Waals surface area contributed by atoms with Crippen LogP contribution in [-0.2, 0) is 6.42 Å². The van der Waals surface area contributed by atoms with Crippen molar-refractivity contribution in [1.29, 1.82) is 1.43 Å². The Kier molecular flexibility index (Phi) is 1.40. The fourth-order valence-electron chi connectivity index (χ4n) is 1.63. The van der Waals surface area contributed by atoms with Gasteiger partial charge < -0.3 is 5.11 Å². The molecule has 0 bridgehead atoms. The molecule has 2 rings (SSSR count). The van der Waals surface area contributed by atoms with Crippen molar-refractivity contribution in [2.24, 2.45) is 0 Å². The molecule has 0 unspecified atom stereocenters. The molecule has 0 fully saturated rings. The van der Waals surface area contributed by atoms with Gasteiger partial charge >= 0.3 is 0 Å². The van der Waals surface area contributed by atoms with Gasteiger partial charge in [-0.1, -0.05) is 24.3 Å². The molecule has 0 heterocycles. The van der Waals surface area contributed by atoms with E-state index in [1.54, 1.807) is 0 Å². The molecule has 0 aliphatic heterocycles. The number of benzene rings is 1. The number of rotatable bonds is 1. The Morgan fingerprint density at radius 2 is 2.17 bits per heavy atom. The number of hydrogen-bond donors (Lipinski definition) is 1. The van der Waals surface area contributed by atoms with Crippen LogP contribution < -0.4 is 0 Å². The molecule has 1 N–H and O–H groups in total. The van der Waals surface area contributed by atoms with Crippen molar-refractivity contribution < 1.29 is 5.11 Å². The summed E-state index contributed by atoms with van der Waals surface area (Å²) in [6.45, 7) is 2.03. The number of allylic oxidation sites excluding steroid dienone is 1. The molecule has 1 nitrogen and oxygen atoms in total. The van der Waals surface area contributed by atoms with Crippen LogP contribution in [0.4, 0.5) is 0 Å². The molecule has 0 spiro atoms. The Morgan fingerprint density at radius 1 is 1.33 bits per heavy atom. The lowest BCUT2D eigenvalue weighted by atomic mass is 9.91. The van der Waals surface area contributed by atoms with Gasteiger partial charge in [-0.25, -0.2) is 0 Å². The van der Waals surface area contributed by atoms with E-state index in [1.165, 1.54) is 11.1 Å². The van der Waals surface area contributed by atoms with Crippen molar-refractivity contribution >= 4 is 5.76 Å². The van der Waals surface area contributed by atoms with Crippen LogP contribution >= 0.6 is 0 Å². The molecule has 0 saturated heterocycles. The summed E-state index contributed by atoms with van der Waals surface area (Å²) in [4.78, 5) is 0. The topological polar surface area (TPSA) is 20.2 Å². The molecule has 0 amide bonds. The summed E-state index contributed by atoms with van der Waals surface area (Å²) in [5.74, 6) is 0.738. The number of fused-ring (bicyclic) bond motifs is 1. The van der Waals surface area contributed by atoms with Crippen molar-refractivity contribution in [3.05, 3.63) is 41.0 Å². The number of hydrogen-bond acceptors (Lipinski definition) is 1. The molecule has 0 atom stereocenters. The highest BCUT2D eigenvalue weighted by atomic mass is 16.3. The van der Waals surface area contributed by atoms with Crippen molar-refractivity contribution in [3.8, 4) is 0 Å². The lowest BCUT2D eigenvalue weighted by Crippen LogP contribution is -2.02. The Hall–Kier alpha value is -1.24. The number of aliphatic hydroxyl groups is 1. The molecule has 1 heteroatoms. The highest BCUT2D eigenvalue weighted by Gasteiger charge is 2.13. The molecule has 62 valence electrons. The summed E-state index contributed by atoms with van der Waals surface area (Å²) in [6.07, 6.45) is 2.07. The largest absolute Gasteiger partial charge is 0.507 e. The summed E-state index contributed by atoms with van der Waals surface area (Å²) in [5, 5.41) is 4.66. The quantitative estimate of drug-likeness (QED) is 0.671. The molecular formula is C11H12O. The van der Waals surface area contributed by atoms with E-state index in [0.29, 0.717) is 0 Å². The molecule has 1 aliphatic carbocycles. The first-order chi connectivity index (χ1) is 6.33. The highest BCUT2D eigenvalue weighted by Crippen LogP contribution is 2.28. The fraction of sp³-hybridized carbons (Fsp3) is 0.273. The molecule has 0 aromatic heterocycles. The van der Waals surface area contributed by atoms with Gasteiger partial charge in [-0.15, -0.1) is 0 Å². The second kappa shape index (κ2) is 2.67. The van der Waals surface area contributed by atoms with Gasteiger partial charge in [0, 0.05) is 5.56 Å². The lowest BCUT2D eigenvalue weighted by Gasteiger charge is -2.16. The van der Waals surface area contributed by atoms with Crippen LogP contribution in [0.1, 0.15) is 24.5 Å². The summed E-state index contributed by atoms with van der Waals surface area (Å²) in [6, 6.07) is 8.13. The van der Waals surface area contributed by atoms with Crippen molar-refractivity contribution in [3.63, 3.8) is 0 Å². The van der Waals surface area contributed by atoms with Crippen LogP contribution in [0.15, 0.2) is 29.8 Å². The normalized spacial score (nSPS) is 16.9. The molecule has 0 radical (unpaired) electrons. The fourth-order valence-corrected chi connectivity index (χ4v) is 1.63. The first kappa shape index (κ1) is 6.30. The standard InChI is InChI=1S/C11H12O/c1-8-6-7-9-4-2-3-5-10(9)11(8)12/h2-5,12H,6-7H2,1H3/i/hD. The van der Waals surface area contributed by atoms with E-state index < -0.39 is 0 Å². The smallest absolute Gasteiger partial charge is 0.293 e. The molecule has 1 aromatic rings. The summed E-state index contributed by atoms with van der Waals surface area (Å²) in [7, 11) is 0.